The van der Waals surface area contributed by atoms with E-state index in [0.29, 0.717) is 38.4 Å². The smallest absolute Gasteiger partial charge is 0.225 e. The third-order valence-electron chi connectivity index (χ3n) is 6.01. The van der Waals surface area contributed by atoms with Gasteiger partial charge in [0.2, 0.25) is 21.9 Å². The number of rotatable bonds is 6. The quantitative estimate of drug-likeness (QED) is 0.732. The highest BCUT2D eigenvalue weighted by Crippen LogP contribution is 2.23. The van der Waals surface area contributed by atoms with Crippen LogP contribution in [0.25, 0.3) is 0 Å². The van der Waals surface area contributed by atoms with E-state index in [2.05, 4.69) is 20.2 Å². The molecule has 2 aliphatic heterocycles. The van der Waals surface area contributed by atoms with Gasteiger partial charge in [-0.3, -0.25) is 4.79 Å². The van der Waals surface area contributed by atoms with Gasteiger partial charge >= 0.3 is 0 Å². The first-order chi connectivity index (χ1) is 15.0. The summed E-state index contributed by atoms with van der Waals surface area (Å²) in [5.74, 6) is 0.579. The van der Waals surface area contributed by atoms with Crippen molar-refractivity contribution in [1.29, 1.82) is 0 Å². The van der Waals surface area contributed by atoms with E-state index < -0.39 is 10.0 Å². The first-order valence-corrected chi connectivity index (χ1v) is 12.5. The van der Waals surface area contributed by atoms with Crippen LogP contribution in [0.3, 0.4) is 0 Å². The standard InChI is InChI=1S/C22H29N5O3S/c28-21(25-20-8-4-13-26(16-20)22-23-11-5-12-24-22)19-9-14-27(15-10-19)31(29,30)17-18-6-2-1-3-7-18/h1-3,5-7,11-12,19-20H,4,8-10,13-17H2,(H,25,28). The third kappa shape index (κ3) is 5.59. The van der Waals surface area contributed by atoms with Gasteiger partial charge in [-0.05, 0) is 37.3 Å². The van der Waals surface area contributed by atoms with Gasteiger partial charge in [-0.15, -0.1) is 0 Å². The molecule has 4 rings (SSSR count). The number of hydrogen-bond acceptors (Lipinski definition) is 6. The first-order valence-electron chi connectivity index (χ1n) is 10.9. The fourth-order valence-electron chi connectivity index (χ4n) is 4.32. The van der Waals surface area contributed by atoms with Crippen LogP contribution >= 0.6 is 0 Å². The third-order valence-corrected chi connectivity index (χ3v) is 7.86. The van der Waals surface area contributed by atoms with Crippen molar-refractivity contribution < 1.29 is 13.2 Å². The van der Waals surface area contributed by atoms with Crippen molar-refractivity contribution in [1.82, 2.24) is 19.6 Å². The molecule has 166 valence electrons. The van der Waals surface area contributed by atoms with Crippen LogP contribution in [0.2, 0.25) is 0 Å². The fourth-order valence-corrected chi connectivity index (χ4v) is 5.89. The van der Waals surface area contributed by atoms with Crippen molar-refractivity contribution in [2.75, 3.05) is 31.1 Å². The first kappa shape index (κ1) is 21.7. The number of nitrogens with zero attached hydrogens (tertiary/aromatic N) is 4. The van der Waals surface area contributed by atoms with E-state index in [0.717, 1.165) is 24.9 Å². The van der Waals surface area contributed by atoms with Crippen LogP contribution < -0.4 is 10.2 Å². The number of piperidine rings is 2. The van der Waals surface area contributed by atoms with E-state index in [1.165, 1.54) is 4.31 Å². The summed E-state index contributed by atoms with van der Waals surface area (Å²) < 4.78 is 27.0. The molecule has 1 amide bonds. The Hall–Kier alpha value is -2.52. The van der Waals surface area contributed by atoms with Crippen LogP contribution in [0, 0.1) is 5.92 Å². The van der Waals surface area contributed by atoms with Crippen molar-refractivity contribution in [3.05, 3.63) is 54.4 Å². The predicted molar refractivity (Wildman–Crippen MR) is 119 cm³/mol. The summed E-state index contributed by atoms with van der Waals surface area (Å²) in [6, 6.07) is 11.1. The van der Waals surface area contributed by atoms with Gasteiger partial charge in [-0.2, -0.15) is 0 Å². The SMILES string of the molecule is O=C(NC1CCCN(c2ncccn2)C1)C1CCN(S(=O)(=O)Cc2ccccc2)CC1. The van der Waals surface area contributed by atoms with E-state index in [4.69, 9.17) is 0 Å². The average molecular weight is 444 g/mol. The average Bonchev–Trinajstić information content (AvgIpc) is 2.80. The van der Waals surface area contributed by atoms with Gasteiger partial charge in [0.15, 0.2) is 0 Å². The Morgan fingerprint density at radius 1 is 1.00 bits per heavy atom. The normalized spacial score (nSPS) is 21.0. The van der Waals surface area contributed by atoms with Crippen molar-refractivity contribution in [2.45, 2.75) is 37.5 Å². The van der Waals surface area contributed by atoms with Crippen LogP contribution in [0.5, 0.6) is 0 Å². The van der Waals surface area contributed by atoms with Crippen molar-refractivity contribution >= 4 is 21.9 Å². The molecule has 2 saturated heterocycles. The number of nitrogens with one attached hydrogen (secondary N) is 1. The number of hydrogen-bond donors (Lipinski definition) is 1. The summed E-state index contributed by atoms with van der Waals surface area (Å²) in [6.45, 7) is 2.36. The minimum atomic E-state index is -3.37. The van der Waals surface area contributed by atoms with Gasteiger partial charge < -0.3 is 10.2 Å². The maximum atomic E-state index is 12.8. The zero-order valence-electron chi connectivity index (χ0n) is 17.6. The van der Waals surface area contributed by atoms with Gasteiger partial charge in [-0.25, -0.2) is 22.7 Å². The molecule has 31 heavy (non-hydrogen) atoms. The topological polar surface area (TPSA) is 95.5 Å². The summed E-state index contributed by atoms with van der Waals surface area (Å²) in [5.41, 5.74) is 0.784. The Kier molecular flexibility index (Phi) is 6.82. The zero-order chi connectivity index (χ0) is 21.7. The Bertz CT molecular complexity index is 963. The van der Waals surface area contributed by atoms with Crippen LogP contribution in [-0.2, 0) is 20.6 Å². The van der Waals surface area contributed by atoms with Gasteiger partial charge in [-0.1, -0.05) is 30.3 Å². The molecule has 1 unspecified atom stereocenters. The Balaban J connectivity index is 1.27. The lowest BCUT2D eigenvalue weighted by atomic mass is 9.96. The Morgan fingerprint density at radius 3 is 2.42 bits per heavy atom. The van der Waals surface area contributed by atoms with Crippen LogP contribution in [0.4, 0.5) is 5.95 Å². The summed E-state index contributed by atoms with van der Waals surface area (Å²) in [5, 5.41) is 3.18. The van der Waals surface area contributed by atoms with Crippen LogP contribution in [-0.4, -0.2) is 60.8 Å². The molecule has 8 nitrogen and oxygen atoms in total. The molecule has 9 heteroatoms. The predicted octanol–water partition coefficient (Wildman–Crippen LogP) is 1.80. The number of aromatic nitrogens is 2. The lowest BCUT2D eigenvalue weighted by molar-refractivity contribution is -0.126. The highest BCUT2D eigenvalue weighted by Gasteiger charge is 2.32. The number of sulfonamides is 1. The Morgan fingerprint density at radius 2 is 1.71 bits per heavy atom. The van der Waals surface area contributed by atoms with E-state index in [-0.39, 0.29) is 23.6 Å². The summed E-state index contributed by atoms with van der Waals surface area (Å²) in [4.78, 5) is 23.5. The maximum Gasteiger partial charge on any atom is 0.225 e. The van der Waals surface area contributed by atoms with E-state index in [1.807, 2.05) is 30.3 Å². The van der Waals surface area contributed by atoms with E-state index >= 15 is 0 Å². The van der Waals surface area contributed by atoms with Gasteiger partial charge in [0.05, 0.1) is 5.75 Å². The van der Waals surface area contributed by atoms with Crippen LogP contribution in [0.15, 0.2) is 48.8 Å². The molecule has 2 fully saturated rings. The second-order valence-corrected chi connectivity index (χ2v) is 10.2. The molecule has 1 atom stereocenters. The second kappa shape index (κ2) is 9.74. The number of benzene rings is 1. The molecule has 2 aliphatic rings. The molecule has 0 spiro atoms. The lowest BCUT2D eigenvalue weighted by Crippen LogP contribution is -2.51. The number of anilines is 1. The van der Waals surface area contributed by atoms with E-state index in [9.17, 15) is 13.2 Å². The molecule has 2 aromatic rings. The highest BCUT2D eigenvalue weighted by molar-refractivity contribution is 7.88. The largest absolute Gasteiger partial charge is 0.351 e. The molecule has 0 aliphatic carbocycles. The molecule has 0 saturated carbocycles. The van der Waals surface area contributed by atoms with Crippen LogP contribution in [0.1, 0.15) is 31.2 Å². The second-order valence-electron chi connectivity index (χ2n) is 8.26. The summed E-state index contributed by atoms with van der Waals surface area (Å²) in [7, 11) is -3.37. The molecular weight excluding hydrogens is 414 g/mol. The molecule has 1 N–H and O–H groups in total. The highest BCUT2D eigenvalue weighted by atomic mass is 32.2. The monoisotopic (exact) mass is 443 g/mol. The minimum absolute atomic E-state index is 0.00414. The summed E-state index contributed by atoms with van der Waals surface area (Å²) in [6.07, 6.45) is 6.46. The molecular formula is C22H29N5O3S. The van der Waals surface area contributed by atoms with Crippen molar-refractivity contribution in [3.8, 4) is 0 Å². The van der Waals surface area contributed by atoms with Crippen molar-refractivity contribution in [3.63, 3.8) is 0 Å². The fraction of sp³-hybridized carbons (Fsp3) is 0.500. The Labute approximate surface area is 183 Å². The lowest BCUT2D eigenvalue weighted by Gasteiger charge is -2.35. The molecule has 1 aromatic heterocycles. The summed E-state index contributed by atoms with van der Waals surface area (Å²) >= 11 is 0. The van der Waals surface area contributed by atoms with E-state index in [1.54, 1.807) is 18.5 Å². The number of carbonyl (C=O) groups is 1. The zero-order valence-corrected chi connectivity index (χ0v) is 18.4. The van der Waals surface area contributed by atoms with Gasteiger partial charge in [0, 0.05) is 50.5 Å². The van der Waals surface area contributed by atoms with Gasteiger partial charge in [0.1, 0.15) is 0 Å². The minimum Gasteiger partial charge on any atom is -0.351 e. The number of amides is 1. The molecule has 3 heterocycles. The maximum absolute atomic E-state index is 12.8. The van der Waals surface area contributed by atoms with Crippen molar-refractivity contribution in [2.24, 2.45) is 5.92 Å². The molecule has 1 aromatic carbocycles. The molecule has 0 bridgehead atoms. The molecule has 0 radical (unpaired) electrons. The van der Waals surface area contributed by atoms with Gasteiger partial charge in [0.25, 0.3) is 0 Å². The number of carbonyl (C=O) groups excluding carboxylic acids is 1.